The van der Waals surface area contributed by atoms with Gasteiger partial charge >= 0.3 is 0 Å². The smallest absolute Gasteiger partial charge is 0.227 e. The summed E-state index contributed by atoms with van der Waals surface area (Å²) in [7, 11) is 0. The minimum absolute atomic E-state index is 0.0246. The second-order valence-corrected chi connectivity index (χ2v) is 6.07. The number of likely N-dealkylation sites (tertiary alicyclic amines) is 1. The number of aromatic nitrogens is 2. The highest BCUT2D eigenvalue weighted by Gasteiger charge is 2.27. The normalized spacial score (nSPS) is 17.5. The lowest BCUT2D eigenvalue weighted by molar-refractivity contribution is -0.129. The van der Waals surface area contributed by atoms with Gasteiger partial charge in [0.1, 0.15) is 11.9 Å². The summed E-state index contributed by atoms with van der Waals surface area (Å²) in [6, 6.07) is 5.59. The Morgan fingerprint density at radius 2 is 2.18 bits per heavy atom. The molecule has 1 aliphatic heterocycles. The Bertz CT molecular complexity index is 651. The predicted molar refractivity (Wildman–Crippen MR) is 85.5 cm³/mol. The van der Waals surface area contributed by atoms with Gasteiger partial charge in [-0.3, -0.25) is 14.8 Å². The van der Waals surface area contributed by atoms with Crippen LogP contribution in [0.5, 0.6) is 5.75 Å². The van der Waals surface area contributed by atoms with Gasteiger partial charge in [0.25, 0.3) is 0 Å². The number of hydrogen-bond acceptors (Lipinski definition) is 4. The van der Waals surface area contributed by atoms with E-state index in [9.17, 15) is 4.79 Å². The molecule has 3 heterocycles. The SMILES string of the molecule is O=C(Cc1cccnc1)N1CCC(Oc2ccncc2Br)C1. The van der Waals surface area contributed by atoms with Crippen LogP contribution in [0.1, 0.15) is 12.0 Å². The van der Waals surface area contributed by atoms with Crippen molar-refractivity contribution in [1.29, 1.82) is 0 Å². The third-order valence-electron chi connectivity index (χ3n) is 3.60. The molecule has 0 N–H and O–H groups in total. The molecule has 1 unspecified atom stereocenters. The van der Waals surface area contributed by atoms with E-state index in [-0.39, 0.29) is 12.0 Å². The Hall–Kier alpha value is -1.95. The third kappa shape index (κ3) is 3.62. The van der Waals surface area contributed by atoms with Crippen molar-refractivity contribution < 1.29 is 9.53 Å². The van der Waals surface area contributed by atoms with Crippen molar-refractivity contribution in [3.8, 4) is 5.75 Å². The van der Waals surface area contributed by atoms with E-state index in [1.807, 2.05) is 23.1 Å². The van der Waals surface area contributed by atoms with Gasteiger partial charge < -0.3 is 9.64 Å². The third-order valence-corrected chi connectivity index (χ3v) is 4.20. The fourth-order valence-corrected chi connectivity index (χ4v) is 2.82. The maximum Gasteiger partial charge on any atom is 0.227 e. The molecule has 1 fully saturated rings. The molecule has 0 radical (unpaired) electrons. The molecule has 0 aliphatic carbocycles. The van der Waals surface area contributed by atoms with Crippen molar-refractivity contribution in [3.63, 3.8) is 0 Å². The highest BCUT2D eigenvalue weighted by atomic mass is 79.9. The fraction of sp³-hybridized carbons (Fsp3) is 0.312. The lowest BCUT2D eigenvalue weighted by Crippen LogP contribution is -2.32. The van der Waals surface area contributed by atoms with Gasteiger partial charge in [-0.15, -0.1) is 0 Å². The van der Waals surface area contributed by atoms with Gasteiger partial charge in [0.2, 0.25) is 5.91 Å². The Morgan fingerprint density at radius 1 is 1.32 bits per heavy atom. The predicted octanol–water partition coefficient (Wildman–Crippen LogP) is 2.46. The summed E-state index contributed by atoms with van der Waals surface area (Å²) in [6.07, 6.45) is 8.09. The average Bonchev–Trinajstić information content (AvgIpc) is 2.99. The molecule has 1 saturated heterocycles. The largest absolute Gasteiger partial charge is 0.487 e. The topological polar surface area (TPSA) is 55.3 Å². The summed E-state index contributed by atoms with van der Waals surface area (Å²) in [5.41, 5.74) is 0.939. The van der Waals surface area contributed by atoms with Crippen LogP contribution in [0.25, 0.3) is 0 Å². The van der Waals surface area contributed by atoms with Crippen LogP contribution in [0.3, 0.4) is 0 Å². The summed E-state index contributed by atoms with van der Waals surface area (Å²) in [5.74, 6) is 0.884. The first-order valence-electron chi connectivity index (χ1n) is 7.15. The van der Waals surface area contributed by atoms with Crippen molar-refractivity contribution in [2.24, 2.45) is 0 Å². The first-order chi connectivity index (χ1) is 10.7. The van der Waals surface area contributed by atoms with Crippen LogP contribution in [0, 0.1) is 0 Å². The van der Waals surface area contributed by atoms with Crippen molar-refractivity contribution in [3.05, 3.63) is 53.0 Å². The summed E-state index contributed by atoms with van der Waals surface area (Å²) >= 11 is 3.42. The van der Waals surface area contributed by atoms with Gasteiger partial charge in [-0.2, -0.15) is 0 Å². The number of pyridine rings is 2. The van der Waals surface area contributed by atoms with Crippen LogP contribution in [0.2, 0.25) is 0 Å². The van der Waals surface area contributed by atoms with Crippen LogP contribution >= 0.6 is 15.9 Å². The highest BCUT2D eigenvalue weighted by Crippen LogP contribution is 2.26. The summed E-state index contributed by atoms with van der Waals surface area (Å²) in [4.78, 5) is 22.2. The molecule has 1 atom stereocenters. The maximum atomic E-state index is 12.3. The molecular formula is C16H16BrN3O2. The van der Waals surface area contributed by atoms with E-state index >= 15 is 0 Å². The van der Waals surface area contributed by atoms with Gasteiger partial charge in [0.15, 0.2) is 0 Å². The molecule has 114 valence electrons. The van der Waals surface area contributed by atoms with E-state index in [1.54, 1.807) is 24.8 Å². The number of rotatable bonds is 4. The van der Waals surface area contributed by atoms with Crippen molar-refractivity contribution in [2.75, 3.05) is 13.1 Å². The lowest BCUT2D eigenvalue weighted by atomic mass is 10.2. The van der Waals surface area contributed by atoms with Gasteiger partial charge in [-0.05, 0) is 33.6 Å². The van der Waals surface area contributed by atoms with Gasteiger partial charge in [-0.25, -0.2) is 0 Å². The Kier molecular flexibility index (Phi) is 4.68. The Morgan fingerprint density at radius 3 is 2.95 bits per heavy atom. The summed E-state index contributed by atoms with van der Waals surface area (Å²) in [5, 5.41) is 0. The number of carbonyl (C=O) groups is 1. The maximum absolute atomic E-state index is 12.3. The van der Waals surface area contributed by atoms with Crippen LogP contribution in [0.15, 0.2) is 47.5 Å². The number of carbonyl (C=O) groups excluding carboxylic acids is 1. The van der Waals surface area contributed by atoms with Gasteiger partial charge in [0, 0.05) is 37.8 Å². The second kappa shape index (κ2) is 6.87. The molecule has 3 rings (SSSR count). The number of ether oxygens (including phenoxy) is 1. The second-order valence-electron chi connectivity index (χ2n) is 5.21. The molecule has 0 aromatic carbocycles. The van der Waals surface area contributed by atoms with Gasteiger partial charge in [0.05, 0.1) is 17.4 Å². The monoisotopic (exact) mass is 361 g/mol. The number of amides is 1. The van der Waals surface area contributed by atoms with Crippen LogP contribution in [-0.2, 0) is 11.2 Å². The number of nitrogens with zero attached hydrogens (tertiary/aromatic N) is 3. The minimum Gasteiger partial charge on any atom is -0.487 e. The van der Waals surface area contributed by atoms with Crippen molar-refractivity contribution in [2.45, 2.75) is 18.9 Å². The van der Waals surface area contributed by atoms with Crippen molar-refractivity contribution in [1.82, 2.24) is 14.9 Å². The van der Waals surface area contributed by atoms with E-state index in [4.69, 9.17) is 4.74 Å². The van der Waals surface area contributed by atoms with E-state index in [0.717, 1.165) is 28.8 Å². The Balaban J connectivity index is 1.56. The number of halogens is 1. The zero-order valence-electron chi connectivity index (χ0n) is 12.0. The molecule has 0 spiro atoms. The highest BCUT2D eigenvalue weighted by molar-refractivity contribution is 9.10. The summed E-state index contributed by atoms with van der Waals surface area (Å²) < 4.78 is 6.77. The Labute approximate surface area is 137 Å². The lowest BCUT2D eigenvalue weighted by Gasteiger charge is -2.17. The average molecular weight is 362 g/mol. The molecule has 22 heavy (non-hydrogen) atoms. The van der Waals surface area contributed by atoms with Gasteiger partial charge in [-0.1, -0.05) is 6.07 Å². The van der Waals surface area contributed by atoms with Crippen LogP contribution in [-0.4, -0.2) is 40.0 Å². The molecule has 2 aromatic rings. The molecule has 6 heteroatoms. The zero-order chi connectivity index (χ0) is 15.4. The minimum atomic E-state index is 0.0246. The van der Waals surface area contributed by atoms with Crippen LogP contribution < -0.4 is 4.74 Å². The zero-order valence-corrected chi connectivity index (χ0v) is 13.6. The molecule has 0 bridgehead atoms. The fourth-order valence-electron chi connectivity index (χ4n) is 2.48. The van der Waals surface area contributed by atoms with E-state index in [0.29, 0.717) is 13.0 Å². The molecule has 2 aromatic heterocycles. The number of hydrogen-bond donors (Lipinski definition) is 0. The standard InChI is InChI=1S/C16H16BrN3O2/c17-14-10-19-6-3-15(14)22-13-4-7-20(11-13)16(21)8-12-2-1-5-18-9-12/h1-3,5-6,9-10,13H,4,7-8,11H2. The van der Waals surface area contributed by atoms with E-state index < -0.39 is 0 Å². The van der Waals surface area contributed by atoms with Crippen LogP contribution in [0.4, 0.5) is 0 Å². The molecular weight excluding hydrogens is 346 g/mol. The quantitative estimate of drug-likeness (QED) is 0.839. The molecule has 0 saturated carbocycles. The summed E-state index contributed by atoms with van der Waals surface area (Å²) in [6.45, 7) is 1.35. The first-order valence-corrected chi connectivity index (χ1v) is 7.94. The van der Waals surface area contributed by atoms with E-state index in [2.05, 4.69) is 25.9 Å². The molecule has 5 nitrogen and oxygen atoms in total. The molecule has 1 amide bonds. The van der Waals surface area contributed by atoms with E-state index in [1.165, 1.54) is 0 Å². The first kappa shape index (κ1) is 15.0. The molecule has 1 aliphatic rings. The van der Waals surface area contributed by atoms with Crippen molar-refractivity contribution >= 4 is 21.8 Å².